The molecule has 0 aliphatic heterocycles. The van der Waals surface area contributed by atoms with Gasteiger partial charge in [-0.25, -0.2) is 9.18 Å². The minimum absolute atomic E-state index is 0.255. The minimum Gasteiger partial charge on any atom is -0.497 e. The number of hydrogen-bond acceptors (Lipinski definition) is 4. The number of benzene rings is 2. The summed E-state index contributed by atoms with van der Waals surface area (Å²) in [4.78, 5) is 23.5. The molecule has 25 heavy (non-hydrogen) atoms. The van der Waals surface area contributed by atoms with Gasteiger partial charge < -0.3 is 14.8 Å². The Balaban J connectivity index is 1.75. The third kappa shape index (κ3) is 5.76. The Kier molecular flexibility index (Phi) is 6.77. The van der Waals surface area contributed by atoms with E-state index in [0.717, 1.165) is 11.6 Å². The molecule has 0 radical (unpaired) electrons. The molecule has 0 aromatic heterocycles. The monoisotopic (exact) mass is 365 g/mol. The topological polar surface area (TPSA) is 64.6 Å². The molecule has 0 unspecified atom stereocenters. The van der Waals surface area contributed by atoms with Gasteiger partial charge in [0, 0.05) is 17.6 Å². The summed E-state index contributed by atoms with van der Waals surface area (Å²) in [6.07, 6.45) is 0.615. The van der Waals surface area contributed by atoms with Crippen molar-refractivity contribution in [3.8, 4) is 5.75 Å². The van der Waals surface area contributed by atoms with Crippen LogP contribution in [0, 0.1) is 5.82 Å². The summed E-state index contributed by atoms with van der Waals surface area (Å²) < 4.78 is 23.4. The standard InChI is InChI=1S/C18H17ClFNO4/c1-24-14-6-7-15(16(20)10-14)18(23)25-11-17(22)21-9-8-12-2-4-13(19)5-3-12/h2-7,10H,8-9,11H2,1H3,(H,21,22). The van der Waals surface area contributed by atoms with Crippen LogP contribution in [0.1, 0.15) is 15.9 Å². The van der Waals surface area contributed by atoms with E-state index in [1.807, 2.05) is 12.1 Å². The lowest BCUT2D eigenvalue weighted by Gasteiger charge is -2.08. The molecule has 2 rings (SSSR count). The zero-order valence-corrected chi connectivity index (χ0v) is 14.3. The highest BCUT2D eigenvalue weighted by Gasteiger charge is 2.15. The first-order chi connectivity index (χ1) is 12.0. The number of carbonyl (C=O) groups is 2. The van der Waals surface area contributed by atoms with Gasteiger partial charge in [-0.05, 0) is 36.2 Å². The van der Waals surface area contributed by atoms with Gasteiger partial charge in [-0.1, -0.05) is 23.7 Å². The molecule has 0 bridgehead atoms. The fraction of sp³-hybridized carbons (Fsp3) is 0.222. The van der Waals surface area contributed by atoms with Crippen LogP contribution in [-0.2, 0) is 16.0 Å². The van der Waals surface area contributed by atoms with E-state index in [1.54, 1.807) is 12.1 Å². The van der Waals surface area contributed by atoms with Crippen molar-refractivity contribution in [3.05, 3.63) is 64.4 Å². The number of esters is 1. The molecule has 0 saturated heterocycles. The quantitative estimate of drug-likeness (QED) is 0.766. The second-order valence-corrected chi connectivity index (χ2v) is 5.58. The molecule has 7 heteroatoms. The molecule has 0 fully saturated rings. The predicted molar refractivity (Wildman–Crippen MR) is 91.4 cm³/mol. The van der Waals surface area contributed by atoms with Gasteiger partial charge in [-0.2, -0.15) is 0 Å². The van der Waals surface area contributed by atoms with E-state index in [4.69, 9.17) is 21.1 Å². The molecule has 132 valence electrons. The van der Waals surface area contributed by atoms with Crippen LogP contribution < -0.4 is 10.1 Å². The number of rotatable bonds is 7. The number of ether oxygens (including phenoxy) is 2. The van der Waals surface area contributed by atoms with Gasteiger partial charge in [-0.3, -0.25) is 4.79 Å². The summed E-state index contributed by atoms with van der Waals surface area (Å²) in [5, 5.41) is 3.27. The summed E-state index contributed by atoms with van der Waals surface area (Å²) in [7, 11) is 1.39. The normalized spacial score (nSPS) is 10.2. The second kappa shape index (κ2) is 9.03. The van der Waals surface area contributed by atoms with Gasteiger partial charge in [0.15, 0.2) is 6.61 Å². The number of methoxy groups -OCH3 is 1. The zero-order chi connectivity index (χ0) is 18.2. The first-order valence-corrected chi connectivity index (χ1v) is 7.89. The van der Waals surface area contributed by atoms with Crippen LogP contribution in [0.4, 0.5) is 4.39 Å². The molecule has 0 saturated carbocycles. The maximum atomic E-state index is 13.7. The Morgan fingerprint density at radius 3 is 2.52 bits per heavy atom. The average Bonchev–Trinajstić information content (AvgIpc) is 2.61. The van der Waals surface area contributed by atoms with Crippen LogP contribution in [-0.4, -0.2) is 32.1 Å². The number of hydrogen-bond donors (Lipinski definition) is 1. The SMILES string of the molecule is COc1ccc(C(=O)OCC(=O)NCCc2ccc(Cl)cc2)c(F)c1. The summed E-state index contributed by atoms with van der Waals surface area (Å²) >= 11 is 5.79. The Bertz CT molecular complexity index is 749. The highest BCUT2D eigenvalue weighted by atomic mass is 35.5. The Labute approximate surface area is 149 Å². The highest BCUT2D eigenvalue weighted by molar-refractivity contribution is 6.30. The summed E-state index contributed by atoms with van der Waals surface area (Å²) in [6.45, 7) is -0.0974. The number of amides is 1. The highest BCUT2D eigenvalue weighted by Crippen LogP contribution is 2.17. The van der Waals surface area contributed by atoms with E-state index in [-0.39, 0.29) is 11.3 Å². The van der Waals surface area contributed by atoms with E-state index in [9.17, 15) is 14.0 Å². The first kappa shape index (κ1) is 18.7. The minimum atomic E-state index is -0.909. The molecule has 0 heterocycles. The molecule has 5 nitrogen and oxygen atoms in total. The van der Waals surface area contributed by atoms with Crippen LogP contribution in [0.3, 0.4) is 0 Å². The van der Waals surface area contributed by atoms with Crippen LogP contribution in [0.5, 0.6) is 5.75 Å². The van der Waals surface area contributed by atoms with E-state index < -0.39 is 24.3 Å². The first-order valence-electron chi connectivity index (χ1n) is 7.51. The van der Waals surface area contributed by atoms with E-state index in [0.29, 0.717) is 18.0 Å². The maximum absolute atomic E-state index is 13.7. The Morgan fingerprint density at radius 1 is 1.16 bits per heavy atom. The molecular weight excluding hydrogens is 349 g/mol. The molecule has 2 aromatic rings. The van der Waals surface area contributed by atoms with Crippen LogP contribution in [0.2, 0.25) is 5.02 Å². The maximum Gasteiger partial charge on any atom is 0.341 e. The van der Waals surface area contributed by atoms with Gasteiger partial charge in [0.2, 0.25) is 0 Å². The van der Waals surface area contributed by atoms with Crippen molar-refractivity contribution in [1.82, 2.24) is 5.32 Å². The Hall–Kier alpha value is -2.60. The largest absolute Gasteiger partial charge is 0.497 e. The van der Waals surface area contributed by atoms with Crippen molar-refractivity contribution in [2.24, 2.45) is 0 Å². The van der Waals surface area contributed by atoms with Gasteiger partial charge in [-0.15, -0.1) is 0 Å². The molecule has 0 aliphatic rings. The zero-order valence-electron chi connectivity index (χ0n) is 13.6. The smallest absolute Gasteiger partial charge is 0.341 e. The fourth-order valence-electron chi connectivity index (χ4n) is 2.05. The lowest BCUT2D eigenvalue weighted by atomic mass is 10.1. The summed E-state index contributed by atoms with van der Waals surface area (Å²) in [5.74, 6) is -1.86. The average molecular weight is 366 g/mol. The number of nitrogens with one attached hydrogen (secondary N) is 1. The van der Waals surface area contributed by atoms with Crippen LogP contribution in [0.25, 0.3) is 0 Å². The molecule has 2 aromatic carbocycles. The molecular formula is C18H17ClFNO4. The van der Waals surface area contributed by atoms with Gasteiger partial charge in [0.05, 0.1) is 12.7 Å². The van der Waals surface area contributed by atoms with E-state index in [1.165, 1.54) is 19.2 Å². The van der Waals surface area contributed by atoms with Crippen molar-refractivity contribution in [2.75, 3.05) is 20.3 Å². The summed E-state index contributed by atoms with van der Waals surface area (Å²) in [6, 6.07) is 11.0. The lowest BCUT2D eigenvalue weighted by molar-refractivity contribution is -0.124. The van der Waals surface area contributed by atoms with Crippen molar-refractivity contribution in [1.29, 1.82) is 0 Å². The molecule has 0 atom stereocenters. The van der Waals surface area contributed by atoms with Crippen molar-refractivity contribution < 1.29 is 23.5 Å². The predicted octanol–water partition coefficient (Wildman–Crippen LogP) is 3.00. The summed E-state index contributed by atoms with van der Waals surface area (Å²) in [5.41, 5.74) is 0.761. The van der Waals surface area contributed by atoms with Gasteiger partial charge in [0.1, 0.15) is 11.6 Å². The fourth-order valence-corrected chi connectivity index (χ4v) is 2.17. The van der Waals surface area contributed by atoms with Crippen molar-refractivity contribution in [2.45, 2.75) is 6.42 Å². The third-order valence-corrected chi connectivity index (χ3v) is 3.63. The number of carbonyl (C=O) groups excluding carboxylic acids is 2. The lowest BCUT2D eigenvalue weighted by Crippen LogP contribution is -2.30. The van der Waals surface area contributed by atoms with Gasteiger partial charge in [0.25, 0.3) is 5.91 Å². The molecule has 0 aliphatic carbocycles. The molecule has 1 N–H and O–H groups in total. The second-order valence-electron chi connectivity index (χ2n) is 5.15. The van der Waals surface area contributed by atoms with Crippen molar-refractivity contribution in [3.63, 3.8) is 0 Å². The number of halogens is 2. The van der Waals surface area contributed by atoms with Gasteiger partial charge >= 0.3 is 5.97 Å². The van der Waals surface area contributed by atoms with Crippen LogP contribution >= 0.6 is 11.6 Å². The third-order valence-electron chi connectivity index (χ3n) is 3.38. The van der Waals surface area contributed by atoms with Crippen molar-refractivity contribution >= 4 is 23.5 Å². The Morgan fingerprint density at radius 2 is 1.88 bits per heavy atom. The van der Waals surface area contributed by atoms with E-state index in [2.05, 4.69) is 5.32 Å². The van der Waals surface area contributed by atoms with Crippen LogP contribution in [0.15, 0.2) is 42.5 Å². The molecule has 0 spiro atoms. The van der Waals surface area contributed by atoms with E-state index >= 15 is 0 Å². The molecule has 1 amide bonds.